The second-order valence-corrected chi connectivity index (χ2v) is 8.93. The first kappa shape index (κ1) is 19.9. The number of benzene rings is 2. The van der Waals surface area contributed by atoms with E-state index in [1.165, 1.54) is 6.07 Å². The molecular formula is C17H12ClN3O5S2. The van der Waals surface area contributed by atoms with Crippen LogP contribution in [0.15, 0.2) is 52.7 Å². The van der Waals surface area contributed by atoms with Gasteiger partial charge in [0.2, 0.25) is 0 Å². The Morgan fingerprint density at radius 2 is 1.96 bits per heavy atom. The molecule has 28 heavy (non-hydrogen) atoms. The summed E-state index contributed by atoms with van der Waals surface area (Å²) in [6.07, 6.45) is 0.862. The minimum absolute atomic E-state index is 0.0615. The number of amides is 1. The normalized spacial score (nSPS) is 11.2. The summed E-state index contributed by atoms with van der Waals surface area (Å²) in [6.45, 7) is 0. The van der Waals surface area contributed by atoms with Crippen LogP contribution in [-0.4, -0.2) is 30.5 Å². The molecule has 1 heterocycles. The molecule has 0 radical (unpaired) electrons. The summed E-state index contributed by atoms with van der Waals surface area (Å²) >= 11 is 7.30. The lowest BCUT2D eigenvalue weighted by atomic mass is 10.2. The fourth-order valence-electron chi connectivity index (χ4n) is 2.41. The van der Waals surface area contributed by atoms with Crippen molar-refractivity contribution in [2.45, 2.75) is 4.90 Å². The average Bonchev–Trinajstić information content (AvgIpc) is 3.09. The number of hydrogen-bond donors (Lipinski definition) is 1. The number of aromatic nitrogens is 1. The van der Waals surface area contributed by atoms with Gasteiger partial charge in [-0.25, -0.2) is 13.4 Å². The van der Waals surface area contributed by atoms with E-state index in [9.17, 15) is 23.3 Å². The molecule has 3 rings (SSSR count). The molecular weight excluding hydrogens is 426 g/mol. The minimum atomic E-state index is -3.81. The first-order valence-electron chi connectivity index (χ1n) is 7.67. The van der Waals surface area contributed by atoms with Gasteiger partial charge in [0.1, 0.15) is 4.90 Å². The van der Waals surface area contributed by atoms with Crippen LogP contribution in [-0.2, 0) is 9.84 Å². The molecule has 0 spiro atoms. The zero-order valence-corrected chi connectivity index (χ0v) is 16.6. The van der Waals surface area contributed by atoms with E-state index in [-0.39, 0.29) is 10.7 Å². The predicted molar refractivity (Wildman–Crippen MR) is 107 cm³/mol. The van der Waals surface area contributed by atoms with Gasteiger partial charge in [0, 0.05) is 33.9 Å². The third-order valence-electron chi connectivity index (χ3n) is 3.69. The molecule has 11 heteroatoms. The third kappa shape index (κ3) is 4.19. The molecule has 1 N–H and O–H groups in total. The Kier molecular flexibility index (Phi) is 5.45. The number of sulfone groups is 1. The van der Waals surface area contributed by atoms with E-state index in [2.05, 4.69) is 10.3 Å². The molecule has 0 fully saturated rings. The van der Waals surface area contributed by atoms with Gasteiger partial charge in [-0.3, -0.25) is 20.2 Å². The topological polar surface area (TPSA) is 119 Å². The van der Waals surface area contributed by atoms with Gasteiger partial charge in [0.05, 0.1) is 10.6 Å². The fraction of sp³-hybridized carbons (Fsp3) is 0.0588. The average molecular weight is 438 g/mol. The van der Waals surface area contributed by atoms with Crippen molar-refractivity contribution in [3.05, 3.63) is 68.5 Å². The minimum Gasteiger partial charge on any atom is -0.298 e. The van der Waals surface area contributed by atoms with Crippen LogP contribution in [0.5, 0.6) is 0 Å². The van der Waals surface area contributed by atoms with Crippen LogP contribution in [0.25, 0.3) is 11.3 Å². The SMILES string of the molecule is CS(=O)(=O)c1ccc(C(=O)Nc2nc(-c3ccccc3Cl)cs2)cc1[N+](=O)[O-]. The number of halogens is 1. The lowest BCUT2D eigenvalue weighted by molar-refractivity contribution is -0.387. The zero-order chi connectivity index (χ0) is 20.5. The van der Waals surface area contributed by atoms with Crippen molar-refractivity contribution in [3.63, 3.8) is 0 Å². The molecule has 2 aromatic carbocycles. The molecule has 0 aliphatic carbocycles. The van der Waals surface area contributed by atoms with Gasteiger partial charge in [0.15, 0.2) is 15.0 Å². The highest BCUT2D eigenvalue weighted by Gasteiger charge is 2.24. The summed E-state index contributed by atoms with van der Waals surface area (Å²) < 4.78 is 23.3. The second kappa shape index (κ2) is 7.66. The Balaban J connectivity index is 1.87. The smallest absolute Gasteiger partial charge is 0.288 e. The maximum atomic E-state index is 12.4. The van der Waals surface area contributed by atoms with Gasteiger partial charge >= 0.3 is 0 Å². The van der Waals surface area contributed by atoms with Crippen LogP contribution < -0.4 is 5.32 Å². The van der Waals surface area contributed by atoms with Crippen molar-refractivity contribution >= 4 is 49.5 Å². The maximum Gasteiger partial charge on any atom is 0.288 e. The molecule has 0 atom stereocenters. The monoisotopic (exact) mass is 437 g/mol. The number of thiazole rings is 1. The number of anilines is 1. The van der Waals surface area contributed by atoms with Crippen LogP contribution in [0.4, 0.5) is 10.8 Å². The Morgan fingerprint density at radius 1 is 1.25 bits per heavy atom. The molecule has 0 saturated heterocycles. The van der Waals surface area contributed by atoms with Gasteiger partial charge in [-0.1, -0.05) is 29.8 Å². The van der Waals surface area contributed by atoms with Crippen molar-refractivity contribution in [1.29, 1.82) is 0 Å². The van der Waals surface area contributed by atoms with E-state index in [0.29, 0.717) is 16.3 Å². The van der Waals surface area contributed by atoms with Crippen molar-refractivity contribution in [1.82, 2.24) is 4.98 Å². The van der Waals surface area contributed by atoms with E-state index in [1.54, 1.807) is 29.6 Å². The second-order valence-electron chi connectivity index (χ2n) is 5.68. The number of carbonyl (C=O) groups is 1. The molecule has 0 bridgehead atoms. The van der Waals surface area contributed by atoms with E-state index in [1.807, 2.05) is 0 Å². The summed E-state index contributed by atoms with van der Waals surface area (Å²) in [6, 6.07) is 10.3. The van der Waals surface area contributed by atoms with E-state index < -0.39 is 31.3 Å². The molecule has 1 aromatic heterocycles. The molecule has 0 unspecified atom stereocenters. The van der Waals surface area contributed by atoms with Crippen LogP contribution in [0, 0.1) is 10.1 Å². The van der Waals surface area contributed by atoms with E-state index in [4.69, 9.17) is 11.6 Å². The van der Waals surface area contributed by atoms with Crippen LogP contribution in [0.3, 0.4) is 0 Å². The van der Waals surface area contributed by atoms with Crippen molar-refractivity contribution in [2.75, 3.05) is 11.6 Å². The van der Waals surface area contributed by atoms with Crippen LogP contribution in [0.1, 0.15) is 10.4 Å². The van der Waals surface area contributed by atoms with Crippen molar-refractivity contribution < 1.29 is 18.1 Å². The molecule has 0 aliphatic rings. The number of carbonyl (C=O) groups excluding carboxylic acids is 1. The zero-order valence-electron chi connectivity index (χ0n) is 14.2. The Morgan fingerprint density at radius 3 is 2.61 bits per heavy atom. The Labute approximate surface area is 168 Å². The highest BCUT2D eigenvalue weighted by Crippen LogP contribution is 2.31. The summed E-state index contributed by atoms with van der Waals surface area (Å²) in [5.74, 6) is -0.650. The van der Waals surface area contributed by atoms with Gasteiger partial charge in [0.25, 0.3) is 11.6 Å². The highest BCUT2D eigenvalue weighted by atomic mass is 35.5. The summed E-state index contributed by atoms with van der Waals surface area (Å²) in [4.78, 5) is 26.6. The fourth-order valence-corrected chi connectivity index (χ4v) is 4.17. The van der Waals surface area contributed by atoms with E-state index in [0.717, 1.165) is 29.7 Å². The highest BCUT2D eigenvalue weighted by molar-refractivity contribution is 7.90. The lowest BCUT2D eigenvalue weighted by Crippen LogP contribution is -2.13. The van der Waals surface area contributed by atoms with Crippen molar-refractivity contribution in [3.8, 4) is 11.3 Å². The van der Waals surface area contributed by atoms with E-state index >= 15 is 0 Å². The first-order valence-corrected chi connectivity index (χ1v) is 10.8. The lowest BCUT2D eigenvalue weighted by Gasteiger charge is -2.05. The summed E-state index contributed by atoms with van der Waals surface area (Å²) in [5.41, 5.74) is 0.554. The quantitative estimate of drug-likeness (QED) is 0.475. The Bertz CT molecular complexity index is 1190. The predicted octanol–water partition coefficient (Wildman–Crippen LogP) is 4.03. The molecule has 8 nitrogen and oxygen atoms in total. The number of nitrogens with one attached hydrogen (secondary N) is 1. The molecule has 0 saturated carbocycles. The van der Waals surface area contributed by atoms with Gasteiger partial charge in [-0.2, -0.15) is 0 Å². The molecule has 3 aromatic rings. The number of nitro groups is 1. The van der Waals surface area contributed by atoms with Gasteiger partial charge < -0.3 is 0 Å². The standard InChI is InChI=1S/C17H12ClN3O5S2/c1-28(25,26)15-7-6-10(8-14(15)21(23)24)16(22)20-17-19-13(9-27-17)11-4-2-3-5-12(11)18/h2-9H,1H3,(H,19,20,22). The van der Waals surface area contributed by atoms with Gasteiger partial charge in [-0.05, 0) is 18.2 Å². The molecule has 0 aliphatic heterocycles. The van der Waals surface area contributed by atoms with Crippen LogP contribution in [0.2, 0.25) is 5.02 Å². The molecule has 1 amide bonds. The number of hydrogen-bond acceptors (Lipinski definition) is 7. The summed E-state index contributed by atoms with van der Waals surface area (Å²) in [5, 5.41) is 16.2. The Hall–Kier alpha value is -2.82. The maximum absolute atomic E-state index is 12.4. The van der Waals surface area contributed by atoms with Crippen LogP contribution >= 0.6 is 22.9 Å². The summed E-state index contributed by atoms with van der Waals surface area (Å²) in [7, 11) is -3.81. The number of rotatable bonds is 5. The van der Waals surface area contributed by atoms with Gasteiger partial charge in [-0.15, -0.1) is 11.3 Å². The third-order valence-corrected chi connectivity index (χ3v) is 5.92. The molecule has 144 valence electrons. The largest absolute Gasteiger partial charge is 0.298 e. The number of nitrogens with zero attached hydrogens (tertiary/aromatic N) is 2. The van der Waals surface area contributed by atoms with Crippen molar-refractivity contribution in [2.24, 2.45) is 0 Å². The number of nitro benzene ring substituents is 1. The first-order chi connectivity index (χ1) is 13.2.